The van der Waals surface area contributed by atoms with Gasteiger partial charge in [-0.2, -0.15) is 0 Å². The van der Waals surface area contributed by atoms with Crippen LogP contribution in [0.4, 0.5) is 0 Å². The van der Waals surface area contributed by atoms with Crippen LogP contribution in [0.25, 0.3) is 5.76 Å². The molecule has 0 aromatic heterocycles. The van der Waals surface area contributed by atoms with Crippen LogP contribution in [0.5, 0.6) is 28.7 Å². The SMILES string of the molecule is COc1ccc(C2/C(=C(\O)c3ccc(OC)cc3OC)C(=O)C(=O)N2Cc2ccc3c(c2)OCO3)cc1. The third-order valence-corrected chi connectivity index (χ3v) is 6.43. The second-order valence-electron chi connectivity index (χ2n) is 8.45. The molecule has 1 N–H and O–H groups in total. The first-order valence-corrected chi connectivity index (χ1v) is 11.5. The van der Waals surface area contributed by atoms with Gasteiger partial charge in [0.1, 0.15) is 23.0 Å². The Balaban J connectivity index is 1.63. The number of aliphatic hydroxyl groups is 1. The molecule has 1 unspecified atom stereocenters. The lowest BCUT2D eigenvalue weighted by molar-refractivity contribution is -0.140. The fourth-order valence-electron chi connectivity index (χ4n) is 4.55. The molecular formula is C28H25NO8. The molecule has 0 saturated carbocycles. The maximum absolute atomic E-state index is 13.4. The van der Waals surface area contributed by atoms with E-state index in [1.54, 1.807) is 61.7 Å². The van der Waals surface area contributed by atoms with Crippen LogP contribution in [0.1, 0.15) is 22.7 Å². The van der Waals surface area contributed by atoms with Crippen molar-refractivity contribution in [3.05, 3.63) is 82.9 Å². The first-order chi connectivity index (χ1) is 17.9. The highest BCUT2D eigenvalue weighted by Gasteiger charge is 2.46. The average molecular weight is 504 g/mol. The molecule has 9 nitrogen and oxygen atoms in total. The zero-order valence-electron chi connectivity index (χ0n) is 20.5. The molecule has 2 aliphatic rings. The fourth-order valence-corrected chi connectivity index (χ4v) is 4.55. The van der Waals surface area contributed by atoms with E-state index in [1.165, 1.54) is 19.1 Å². The van der Waals surface area contributed by atoms with Crippen molar-refractivity contribution in [2.24, 2.45) is 0 Å². The second kappa shape index (κ2) is 9.77. The zero-order chi connectivity index (χ0) is 26.1. The predicted molar refractivity (Wildman–Crippen MR) is 133 cm³/mol. The molecule has 1 atom stereocenters. The van der Waals surface area contributed by atoms with E-state index in [0.29, 0.717) is 34.3 Å². The number of rotatable bonds is 7. The van der Waals surface area contributed by atoms with Gasteiger partial charge in [0, 0.05) is 12.6 Å². The van der Waals surface area contributed by atoms with Gasteiger partial charge in [0.25, 0.3) is 11.7 Å². The van der Waals surface area contributed by atoms with Crippen LogP contribution in [-0.4, -0.2) is 49.8 Å². The van der Waals surface area contributed by atoms with Crippen molar-refractivity contribution < 1.29 is 38.4 Å². The van der Waals surface area contributed by atoms with Gasteiger partial charge in [-0.1, -0.05) is 18.2 Å². The lowest BCUT2D eigenvalue weighted by Crippen LogP contribution is -2.29. The van der Waals surface area contributed by atoms with Crippen molar-refractivity contribution in [1.29, 1.82) is 0 Å². The number of amides is 1. The number of methoxy groups -OCH3 is 3. The number of carbonyl (C=O) groups excluding carboxylic acids is 2. The Bertz CT molecular complexity index is 1400. The van der Waals surface area contributed by atoms with E-state index >= 15 is 0 Å². The Morgan fingerprint density at radius 1 is 0.892 bits per heavy atom. The summed E-state index contributed by atoms with van der Waals surface area (Å²) in [5.74, 6) is 0.752. The molecule has 9 heteroatoms. The summed E-state index contributed by atoms with van der Waals surface area (Å²) in [6, 6.07) is 16.3. The van der Waals surface area contributed by atoms with Crippen LogP contribution in [0, 0.1) is 0 Å². The summed E-state index contributed by atoms with van der Waals surface area (Å²) in [4.78, 5) is 28.2. The number of ether oxygens (including phenoxy) is 5. The monoisotopic (exact) mass is 503 g/mol. The molecule has 0 bridgehead atoms. The Morgan fingerprint density at radius 2 is 1.59 bits per heavy atom. The van der Waals surface area contributed by atoms with E-state index in [1.807, 2.05) is 6.07 Å². The predicted octanol–water partition coefficient (Wildman–Crippen LogP) is 4.06. The smallest absolute Gasteiger partial charge is 0.295 e. The minimum Gasteiger partial charge on any atom is -0.507 e. The van der Waals surface area contributed by atoms with Gasteiger partial charge in [-0.15, -0.1) is 0 Å². The van der Waals surface area contributed by atoms with Gasteiger partial charge in [-0.05, 0) is 47.5 Å². The van der Waals surface area contributed by atoms with Gasteiger partial charge in [-0.25, -0.2) is 0 Å². The zero-order valence-corrected chi connectivity index (χ0v) is 20.5. The minimum atomic E-state index is -0.858. The largest absolute Gasteiger partial charge is 0.507 e. The first kappa shape index (κ1) is 24.1. The van der Waals surface area contributed by atoms with E-state index in [0.717, 1.165) is 5.56 Å². The van der Waals surface area contributed by atoms with E-state index in [4.69, 9.17) is 23.7 Å². The van der Waals surface area contributed by atoms with Gasteiger partial charge in [-0.3, -0.25) is 9.59 Å². The molecule has 1 fully saturated rings. The highest BCUT2D eigenvalue weighted by Crippen LogP contribution is 2.43. The quantitative estimate of drug-likeness (QED) is 0.293. The van der Waals surface area contributed by atoms with E-state index in [-0.39, 0.29) is 30.2 Å². The van der Waals surface area contributed by atoms with Gasteiger partial charge >= 0.3 is 0 Å². The number of hydrogen-bond donors (Lipinski definition) is 1. The van der Waals surface area contributed by atoms with Crippen LogP contribution < -0.4 is 23.7 Å². The number of aliphatic hydroxyl groups excluding tert-OH is 1. The summed E-state index contributed by atoms with van der Waals surface area (Å²) >= 11 is 0. The number of ketones is 1. The molecule has 1 amide bonds. The lowest BCUT2D eigenvalue weighted by Gasteiger charge is -2.26. The molecule has 190 valence electrons. The van der Waals surface area contributed by atoms with Gasteiger partial charge < -0.3 is 33.7 Å². The number of Topliss-reactive ketones (excluding diaryl/α,β-unsaturated/α-hetero) is 1. The summed E-state index contributed by atoms with van der Waals surface area (Å²) in [7, 11) is 4.51. The summed E-state index contributed by atoms with van der Waals surface area (Å²) in [5, 5.41) is 11.4. The van der Waals surface area contributed by atoms with Crippen LogP contribution in [-0.2, 0) is 16.1 Å². The molecule has 37 heavy (non-hydrogen) atoms. The van der Waals surface area contributed by atoms with Crippen LogP contribution in [0.15, 0.2) is 66.2 Å². The van der Waals surface area contributed by atoms with Gasteiger partial charge in [0.15, 0.2) is 11.5 Å². The maximum Gasteiger partial charge on any atom is 0.295 e. The third-order valence-electron chi connectivity index (χ3n) is 6.43. The minimum absolute atomic E-state index is 0.0422. The third kappa shape index (κ3) is 4.29. The number of carbonyl (C=O) groups is 2. The first-order valence-electron chi connectivity index (χ1n) is 11.5. The Morgan fingerprint density at radius 3 is 2.30 bits per heavy atom. The Hall–Kier alpha value is -4.66. The van der Waals surface area contributed by atoms with Crippen molar-refractivity contribution in [1.82, 2.24) is 4.90 Å². The van der Waals surface area contributed by atoms with Gasteiger partial charge in [0.05, 0.1) is 38.5 Å². The normalized spacial score (nSPS) is 17.7. The van der Waals surface area contributed by atoms with Crippen LogP contribution in [0.2, 0.25) is 0 Å². The van der Waals surface area contributed by atoms with Crippen molar-refractivity contribution in [2.75, 3.05) is 28.1 Å². The maximum atomic E-state index is 13.4. The van der Waals surface area contributed by atoms with Crippen LogP contribution in [0.3, 0.4) is 0 Å². The number of benzene rings is 3. The van der Waals surface area contributed by atoms with Crippen molar-refractivity contribution >= 4 is 17.4 Å². The van der Waals surface area contributed by atoms with E-state index in [9.17, 15) is 14.7 Å². The van der Waals surface area contributed by atoms with E-state index in [2.05, 4.69) is 0 Å². The Labute approximate surface area is 213 Å². The summed E-state index contributed by atoms with van der Waals surface area (Å²) in [6.45, 7) is 0.229. The average Bonchev–Trinajstić information content (AvgIpc) is 3.50. The van der Waals surface area contributed by atoms with E-state index < -0.39 is 17.7 Å². The lowest BCUT2D eigenvalue weighted by atomic mass is 9.94. The standard InChI is InChI=1S/C28H25NO8/c1-33-18-7-5-17(6-8-18)25-24(26(30)20-10-9-19(34-2)13-22(20)35-3)27(31)28(32)29(25)14-16-4-11-21-23(12-16)37-15-36-21/h4-13,25,30H,14-15H2,1-3H3/b26-24+. The topological polar surface area (TPSA) is 104 Å². The van der Waals surface area contributed by atoms with Crippen LogP contribution >= 0.6 is 0 Å². The van der Waals surface area contributed by atoms with Crippen molar-refractivity contribution in [3.63, 3.8) is 0 Å². The molecule has 0 aliphatic carbocycles. The molecular weight excluding hydrogens is 478 g/mol. The molecule has 1 saturated heterocycles. The highest BCUT2D eigenvalue weighted by atomic mass is 16.7. The second-order valence-corrected chi connectivity index (χ2v) is 8.45. The Kier molecular flexibility index (Phi) is 6.35. The molecule has 3 aromatic rings. The number of hydrogen-bond acceptors (Lipinski definition) is 8. The molecule has 5 rings (SSSR count). The highest BCUT2D eigenvalue weighted by molar-refractivity contribution is 6.46. The molecule has 0 radical (unpaired) electrons. The summed E-state index contributed by atoms with van der Waals surface area (Å²) < 4.78 is 26.8. The number of nitrogens with zero attached hydrogens (tertiary/aromatic N) is 1. The fraction of sp³-hybridized carbons (Fsp3) is 0.214. The molecule has 2 aliphatic heterocycles. The molecule has 2 heterocycles. The number of likely N-dealkylation sites (tertiary alicyclic amines) is 1. The van der Waals surface area contributed by atoms with Gasteiger partial charge in [0.2, 0.25) is 6.79 Å². The van der Waals surface area contributed by atoms with Crippen molar-refractivity contribution in [2.45, 2.75) is 12.6 Å². The molecule has 0 spiro atoms. The van der Waals surface area contributed by atoms with Crippen molar-refractivity contribution in [3.8, 4) is 28.7 Å². The summed E-state index contributed by atoms with van der Waals surface area (Å²) in [5.41, 5.74) is 1.60. The molecule has 3 aromatic carbocycles. The summed E-state index contributed by atoms with van der Waals surface area (Å²) in [6.07, 6.45) is 0. The number of fused-ring (bicyclic) bond motifs is 1.